The zero-order valence-corrected chi connectivity index (χ0v) is 18.8. The van der Waals surface area contributed by atoms with Crippen LogP contribution >= 0.6 is 0 Å². The average Bonchev–Trinajstić information content (AvgIpc) is 3.24. The van der Waals surface area contributed by atoms with Crippen molar-refractivity contribution in [3.63, 3.8) is 0 Å². The van der Waals surface area contributed by atoms with E-state index >= 15 is 0 Å². The van der Waals surface area contributed by atoms with E-state index in [1.807, 2.05) is 6.92 Å². The molecule has 2 heterocycles. The van der Waals surface area contributed by atoms with E-state index in [0.717, 1.165) is 31.2 Å². The molecule has 0 radical (unpaired) electrons. The Morgan fingerprint density at radius 1 is 1.12 bits per heavy atom. The predicted molar refractivity (Wildman–Crippen MR) is 123 cm³/mol. The minimum atomic E-state index is -0.425. The number of hydrogen-bond donors (Lipinski definition) is 5. The second kappa shape index (κ2) is 10.9. The summed E-state index contributed by atoms with van der Waals surface area (Å²) >= 11 is 0. The van der Waals surface area contributed by atoms with Gasteiger partial charge in [0.25, 0.3) is 11.8 Å². The first-order valence-corrected chi connectivity index (χ1v) is 11.0. The molecule has 1 aromatic carbocycles. The molecule has 3 rings (SSSR count). The van der Waals surface area contributed by atoms with Crippen LogP contribution in [0.3, 0.4) is 0 Å². The van der Waals surface area contributed by atoms with Crippen molar-refractivity contribution in [1.82, 2.24) is 15.8 Å². The van der Waals surface area contributed by atoms with Crippen molar-refractivity contribution in [2.75, 3.05) is 11.9 Å². The first kappa shape index (κ1) is 24.2. The molecule has 9 heteroatoms. The van der Waals surface area contributed by atoms with Crippen LogP contribution in [0.4, 0.5) is 10.1 Å². The number of hydroxylamine groups is 1. The number of rotatable bonds is 10. The molecule has 3 amide bonds. The topological polar surface area (TPSA) is 123 Å². The molecule has 0 spiro atoms. The predicted octanol–water partition coefficient (Wildman–Crippen LogP) is 3.84. The average molecular weight is 457 g/mol. The van der Waals surface area contributed by atoms with E-state index in [9.17, 15) is 18.8 Å². The molecular weight excluding hydrogens is 427 g/mol. The highest BCUT2D eigenvalue weighted by Gasteiger charge is 2.26. The number of anilines is 1. The van der Waals surface area contributed by atoms with Crippen LogP contribution in [-0.2, 0) is 9.59 Å². The maximum Gasteiger partial charge on any atom is 0.256 e. The molecule has 8 nitrogen and oxygen atoms in total. The SMILES string of the molecule is Cc1[nH]c(C=C2C(=O)Nc3ccc(F)cc32)c(C)c1C(=O)NCCCCCCCC(=O)NO. The van der Waals surface area contributed by atoms with Crippen LogP contribution in [0.25, 0.3) is 11.6 Å². The van der Waals surface area contributed by atoms with Gasteiger partial charge in [-0.1, -0.05) is 19.3 Å². The monoisotopic (exact) mass is 456 g/mol. The van der Waals surface area contributed by atoms with Gasteiger partial charge in [-0.2, -0.15) is 0 Å². The number of benzene rings is 1. The van der Waals surface area contributed by atoms with Gasteiger partial charge in [-0.3, -0.25) is 19.6 Å². The number of aromatic nitrogens is 1. The highest BCUT2D eigenvalue weighted by Crippen LogP contribution is 2.34. The summed E-state index contributed by atoms with van der Waals surface area (Å²) in [5.74, 6) is -1.30. The number of aromatic amines is 1. The summed E-state index contributed by atoms with van der Waals surface area (Å²) in [7, 11) is 0. The van der Waals surface area contributed by atoms with Gasteiger partial charge in [0.15, 0.2) is 0 Å². The number of carbonyl (C=O) groups is 3. The Morgan fingerprint density at radius 2 is 1.85 bits per heavy atom. The van der Waals surface area contributed by atoms with Crippen molar-refractivity contribution in [3.8, 4) is 0 Å². The molecule has 5 N–H and O–H groups in total. The summed E-state index contributed by atoms with van der Waals surface area (Å²) < 4.78 is 13.7. The molecule has 33 heavy (non-hydrogen) atoms. The van der Waals surface area contributed by atoms with Crippen LogP contribution in [0, 0.1) is 19.7 Å². The number of fused-ring (bicyclic) bond motifs is 1. The standard InChI is InChI=1S/C24H29FN4O4/c1-14-20(13-18-17-12-16(25)9-10-19(17)28-23(18)31)27-15(2)22(14)24(32)26-11-7-5-3-4-6-8-21(30)29-33/h9-10,12-13,27,33H,3-8,11H2,1-2H3,(H,26,32)(H,28,31)(H,29,30). The number of amides is 3. The van der Waals surface area contributed by atoms with Gasteiger partial charge in [-0.15, -0.1) is 0 Å². The summed E-state index contributed by atoms with van der Waals surface area (Å²) in [6.45, 7) is 4.15. The number of H-pyrrole nitrogens is 1. The third-order valence-electron chi connectivity index (χ3n) is 5.75. The summed E-state index contributed by atoms with van der Waals surface area (Å²) in [5.41, 5.74) is 5.59. The first-order chi connectivity index (χ1) is 15.8. The van der Waals surface area contributed by atoms with Gasteiger partial charge in [-0.05, 0) is 56.5 Å². The van der Waals surface area contributed by atoms with Crippen molar-refractivity contribution < 1.29 is 24.0 Å². The third kappa shape index (κ3) is 5.87. The summed E-state index contributed by atoms with van der Waals surface area (Å²) in [4.78, 5) is 39.2. The number of halogens is 1. The van der Waals surface area contributed by atoms with Crippen molar-refractivity contribution >= 4 is 35.1 Å². The third-order valence-corrected chi connectivity index (χ3v) is 5.75. The molecule has 0 bridgehead atoms. The highest BCUT2D eigenvalue weighted by molar-refractivity contribution is 6.34. The number of unbranched alkanes of at least 4 members (excludes halogenated alkanes) is 4. The van der Waals surface area contributed by atoms with E-state index < -0.39 is 5.82 Å². The Kier molecular flexibility index (Phi) is 8.00. The lowest BCUT2D eigenvalue weighted by Crippen LogP contribution is -2.25. The van der Waals surface area contributed by atoms with Gasteiger partial charge in [0.05, 0.1) is 11.1 Å². The Labute approximate surface area is 191 Å². The van der Waals surface area contributed by atoms with Gasteiger partial charge >= 0.3 is 0 Å². The van der Waals surface area contributed by atoms with Crippen LogP contribution in [0.15, 0.2) is 18.2 Å². The lowest BCUT2D eigenvalue weighted by atomic mass is 10.0. The first-order valence-electron chi connectivity index (χ1n) is 11.0. The summed E-state index contributed by atoms with van der Waals surface area (Å²) in [6, 6.07) is 4.14. The zero-order chi connectivity index (χ0) is 24.0. The number of aryl methyl sites for hydroxylation is 1. The van der Waals surface area contributed by atoms with Crippen LogP contribution in [0.2, 0.25) is 0 Å². The molecule has 0 atom stereocenters. The lowest BCUT2D eigenvalue weighted by Gasteiger charge is -2.06. The smallest absolute Gasteiger partial charge is 0.256 e. The minimum Gasteiger partial charge on any atom is -0.358 e. The maximum atomic E-state index is 13.7. The van der Waals surface area contributed by atoms with Crippen LogP contribution < -0.4 is 16.1 Å². The minimum absolute atomic E-state index is 0.187. The van der Waals surface area contributed by atoms with Crippen LogP contribution in [-0.4, -0.2) is 34.5 Å². The van der Waals surface area contributed by atoms with Crippen molar-refractivity contribution in [3.05, 3.63) is 52.1 Å². The van der Waals surface area contributed by atoms with Crippen molar-refractivity contribution in [2.45, 2.75) is 52.4 Å². The van der Waals surface area contributed by atoms with Crippen molar-refractivity contribution in [2.24, 2.45) is 0 Å². The Balaban J connectivity index is 1.57. The maximum absolute atomic E-state index is 13.7. The van der Waals surface area contributed by atoms with Gasteiger partial charge in [0.2, 0.25) is 5.91 Å². The van der Waals surface area contributed by atoms with E-state index in [1.54, 1.807) is 18.5 Å². The molecule has 1 aliphatic heterocycles. The molecule has 176 valence electrons. The fourth-order valence-electron chi connectivity index (χ4n) is 3.99. The highest BCUT2D eigenvalue weighted by atomic mass is 19.1. The van der Waals surface area contributed by atoms with E-state index in [4.69, 9.17) is 5.21 Å². The molecule has 1 aromatic heterocycles. The van der Waals surface area contributed by atoms with E-state index in [0.29, 0.717) is 53.2 Å². The molecule has 0 unspecified atom stereocenters. The summed E-state index contributed by atoms with van der Waals surface area (Å²) in [6.07, 6.45) is 6.24. The molecule has 1 aliphatic rings. The van der Waals surface area contributed by atoms with Gasteiger partial charge in [0, 0.05) is 35.6 Å². The molecule has 0 aliphatic carbocycles. The second-order valence-corrected chi connectivity index (χ2v) is 8.17. The number of carbonyl (C=O) groups excluding carboxylic acids is 3. The van der Waals surface area contributed by atoms with Crippen molar-refractivity contribution in [1.29, 1.82) is 0 Å². The van der Waals surface area contributed by atoms with Gasteiger partial charge in [0.1, 0.15) is 5.82 Å². The lowest BCUT2D eigenvalue weighted by molar-refractivity contribution is -0.129. The molecule has 0 saturated heterocycles. The van der Waals surface area contributed by atoms with Gasteiger partial charge in [-0.25, -0.2) is 9.87 Å². The normalized spacial score (nSPS) is 13.7. The fraction of sp³-hybridized carbons (Fsp3) is 0.375. The largest absolute Gasteiger partial charge is 0.358 e. The van der Waals surface area contributed by atoms with Crippen LogP contribution in [0.1, 0.15) is 71.4 Å². The van der Waals surface area contributed by atoms with E-state index in [-0.39, 0.29) is 17.7 Å². The quantitative estimate of drug-likeness (QED) is 0.161. The Hall–Kier alpha value is -3.46. The van der Waals surface area contributed by atoms with Crippen LogP contribution in [0.5, 0.6) is 0 Å². The Morgan fingerprint density at radius 3 is 2.61 bits per heavy atom. The van der Waals surface area contributed by atoms with E-state index in [1.165, 1.54) is 18.2 Å². The summed E-state index contributed by atoms with van der Waals surface area (Å²) in [5, 5.41) is 14.1. The second-order valence-electron chi connectivity index (χ2n) is 8.17. The number of hydrogen-bond acceptors (Lipinski definition) is 4. The Bertz CT molecular complexity index is 1090. The zero-order valence-electron chi connectivity index (χ0n) is 18.8. The number of nitrogens with one attached hydrogen (secondary N) is 4. The molecular formula is C24H29FN4O4. The molecule has 0 saturated carbocycles. The molecule has 0 fully saturated rings. The van der Waals surface area contributed by atoms with Gasteiger partial charge < -0.3 is 15.6 Å². The fourth-order valence-corrected chi connectivity index (χ4v) is 3.99. The van der Waals surface area contributed by atoms with E-state index in [2.05, 4.69) is 15.6 Å². The molecule has 2 aromatic rings.